The predicted molar refractivity (Wildman–Crippen MR) is 122 cm³/mol. The molecule has 1 saturated heterocycles. The third-order valence-corrected chi connectivity index (χ3v) is 7.49. The summed E-state index contributed by atoms with van der Waals surface area (Å²) in [6.07, 6.45) is 1.20. The minimum Gasteiger partial charge on any atom is -0.497 e. The molecule has 0 radical (unpaired) electrons. The lowest BCUT2D eigenvalue weighted by Crippen LogP contribution is -2.51. The molecule has 2 amide bonds. The quantitative estimate of drug-likeness (QED) is 0.663. The third-order valence-electron chi connectivity index (χ3n) is 5.63. The molecule has 9 heteroatoms. The molecule has 0 aromatic heterocycles. The van der Waals surface area contributed by atoms with E-state index >= 15 is 0 Å². The highest BCUT2D eigenvalue weighted by molar-refractivity contribution is 7.89. The fourth-order valence-corrected chi connectivity index (χ4v) is 5.39. The van der Waals surface area contributed by atoms with Crippen molar-refractivity contribution in [3.8, 4) is 5.75 Å². The van der Waals surface area contributed by atoms with Crippen LogP contribution in [-0.4, -0.2) is 44.7 Å². The van der Waals surface area contributed by atoms with Crippen LogP contribution in [0.3, 0.4) is 0 Å². The Hall–Kier alpha value is -2.91. The number of benzene rings is 2. The van der Waals surface area contributed by atoms with Crippen LogP contribution < -0.4 is 15.4 Å². The summed E-state index contributed by atoms with van der Waals surface area (Å²) in [5.41, 5.74) is 0.633. The number of methoxy groups -OCH3 is 1. The van der Waals surface area contributed by atoms with Gasteiger partial charge in [-0.15, -0.1) is 0 Å². The van der Waals surface area contributed by atoms with Gasteiger partial charge in [0.1, 0.15) is 5.75 Å². The van der Waals surface area contributed by atoms with Gasteiger partial charge in [0.2, 0.25) is 21.8 Å². The van der Waals surface area contributed by atoms with Crippen LogP contribution in [0.2, 0.25) is 0 Å². The molecule has 8 nitrogen and oxygen atoms in total. The molecule has 2 aromatic rings. The Morgan fingerprint density at radius 2 is 1.75 bits per heavy atom. The summed E-state index contributed by atoms with van der Waals surface area (Å²) in [6, 6.07) is 13.5. The molecule has 0 saturated carbocycles. The summed E-state index contributed by atoms with van der Waals surface area (Å²) in [5, 5.41) is 5.56. The molecule has 0 aliphatic carbocycles. The molecule has 3 rings (SSSR count). The van der Waals surface area contributed by atoms with Gasteiger partial charge in [0, 0.05) is 32.2 Å². The topological polar surface area (TPSA) is 105 Å². The minimum atomic E-state index is -3.76. The molecular weight excluding hydrogens is 430 g/mol. The van der Waals surface area contributed by atoms with E-state index in [-0.39, 0.29) is 23.3 Å². The normalized spacial score (nSPS) is 19.2. The molecule has 0 bridgehead atoms. The van der Waals surface area contributed by atoms with Gasteiger partial charge in [-0.1, -0.05) is 12.1 Å². The zero-order valence-electron chi connectivity index (χ0n) is 18.6. The van der Waals surface area contributed by atoms with Gasteiger partial charge in [0.25, 0.3) is 0 Å². The van der Waals surface area contributed by atoms with Crippen LogP contribution in [0.1, 0.15) is 32.3 Å². The average molecular weight is 460 g/mol. The molecule has 2 N–H and O–H groups in total. The lowest BCUT2D eigenvalue weighted by atomic mass is 9.82. The van der Waals surface area contributed by atoms with E-state index in [2.05, 4.69) is 10.6 Å². The van der Waals surface area contributed by atoms with Crippen LogP contribution in [0.15, 0.2) is 53.4 Å². The highest BCUT2D eigenvalue weighted by Crippen LogP contribution is 2.33. The van der Waals surface area contributed by atoms with E-state index in [9.17, 15) is 18.0 Å². The smallest absolute Gasteiger partial charge is 0.243 e. The number of hydrogen-bond acceptors (Lipinski definition) is 5. The van der Waals surface area contributed by atoms with Crippen LogP contribution >= 0.6 is 0 Å². The van der Waals surface area contributed by atoms with E-state index < -0.39 is 15.4 Å². The van der Waals surface area contributed by atoms with E-state index in [1.807, 2.05) is 24.3 Å². The summed E-state index contributed by atoms with van der Waals surface area (Å²) in [7, 11) is -2.16. The zero-order chi connectivity index (χ0) is 23.4. The van der Waals surface area contributed by atoms with Gasteiger partial charge < -0.3 is 15.4 Å². The molecule has 2 aromatic carbocycles. The van der Waals surface area contributed by atoms with Crippen molar-refractivity contribution < 1.29 is 22.7 Å². The Labute approximate surface area is 189 Å². The molecule has 1 aliphatic heterocycles. The summed E-state index contributed by atoms with van der Waals surface area (Å²) >= 11 is 0. The van der Waals surface area contributed by atoms with Gasteiger partial charge in [-0.05, 0) is 61.7 Å². The highest BCUT2D eigenvalue weighted by Gasteiger charge is 2.41. The summed E-state index contributed by atoms with van der Waals surface area (Å²) in [4.78, 5) is 24.3. The van der Waals surface area contributed by atoms with Gasteiger partial charge in [-0.3, -0.25) is 9.59 Å². The minimum absolute atomic E-state index is 0.108. The second-order valence-corrected chi connectivity index (χ2v) is 10.2. The van der Waals surface area contributed by atoms with Crippen LogP contribution in [0.4, 0.5) is 5.69 Å². The Bertz CT molecular complexity index is 1070. The van der Waals surface area contributed by atoms with E-state index in [0.717, 1.165) is 11.3 Å². The van der Waals surface area contributed by atoms with Crippen LogP contribution in [0, 0.1) is 5.41 Å². The molecule has 1 fully saturated rings. The number of amides is 2. The number of hydrogen-bond donors (Lipinski definition) is 2. The van der Waals surface area contributed by atoms with E-state index in [1.165, 1.54) is 23.4 Å². The molecule has 1 atom stereocenters. The van der Waals surface area contributed by atoms with Crippen molar-refractivity contribution in [2.45, 2.75) is 38.1 Å². The van der Waals surface area contributed by atoms with Crippen molar-refractivity contribution in [1.29, 1.82) is 0 Å². The predicted octanol–water partition coefficient (Wildman–Crippen LogP) is 2.76. The first-order valence-corrected chi connectivity index (χ1v) is 11.9. The van der Waals surface area contributed by atoms with Gasteiger partial charge in [0.05, 0.1) is 17.4 Å². The van der Waals surface area contributed by atoms with Gasteiger partial charge in [-0.25, -0.2) is 8.42 Å². The fourth-order valence-electron chi connectivity index (χ4n) is 3.79. The first-order chi connectivity index (χ1) is 15.1. The van der Waals surface area contributed by atoms with Crippen LogP contribution in [0.25, 0.3) is 0 Å². The first kappa shape index (κ1) is 23.7. The second-order valence-electron chi connectivity index (χ2n) is 8.24. The number of anilines is 1. The molecular formula is C23H29N3O5S. The standard InChI is InChI=1S/C23H29N3O5S/c1-17(27)25-19-7-11-21(12-8-19)32(29,30)26-14-4-13-23(2,16-26)22(28)24-15-18-5-9-20(31-3)10-6-18/h5-12H,4,13-16H2,1-3H3,(H,24,28)(H,25,27)/t23-/m1/s1. The number of carbonyl (C=O) groups is 2. The van der Waals surface area contributed by atoms with Crippen molar-refractivity contribution in [1.82, 2.24) is 9.62 Å². The van der Waals surface area contributed by atoms with Crippen molar-refractivity contribution in [2.75, 3.05) is 25.5 Å². The van der Waals surface area contributed by atoms with Crippen LogP contribution in [0.5, 0.6) is 5.75 Å². The van der Waals surface area contributed by atoms with E-state index in [0.29, 0.717) is 31.6 Å². The monoisotopic (exact) mass is 459 g/mol. The highest BCUT2D eigenvalue weighted by atomic mass is 32.2. The van der Waals surface area contributed by atoms with Gasteiger partial charge in [0.15, 0.2) is 0 Å². The lowest BCUT2D eigenvalue weighted by Gasteiger charge is -2.38. The summed E-state index contributed by atoms with van der Waals surface area (Å²) in [5.74, 6) is 0.340. The fraction of sp³-hybridized carbons (Fsp3) is 0.391. The lowest BCUT2D eigenvalue weighted by molar-refractivity contribution is -0.132. The maximum absolute atomic E-state index is 13.2. The molecule has 0 unspecified atom stereocenters. The number of piperidine rings is 1. The SMILES string of the molecule is COc1ccc(CNC(=O)[C@]2(C)CCCN(S(=O)(=O)c3ccc(NC(C)=O)cc3)C2)cc1. The Morgan fingerprint density at radius 3 is 2.34 bits per heavy atom. The number of ether oxygens (including phenoxy) is 1. The van der Waals surface area contributed by atoms with Gasteiger partial charge >= 0.3 is 0 Å². The van der Waals surface area contributed by atoms with Crippen molar-refractivity contribution in [3.05, 3.63) is 54.1 Å². The maximum atomic E-state index is 13.2. The summed E-state index contributed by atoms with van der Waals surface area (Å²) in [6.45, 7) is 4.01. The number of carbonyl (C=O) groups excluding carboxylic acids is 2. The first-order valence-electron chi connectivity index (χ1n) is 10.4. The number of nitrogens with one attached hydrogen (secondary N) is 2. The third kappa shape index (κ3) is 5.46. The molecule has 0 spiro atoms. The zero-order valence-corrected chi connectivity index (χ0v) is 19.4. The maximum Gasteiger partial charge on any atom is 0.243 e. The van der Waals surface area contributed by atoms with E-state index in [1.54, 1.807) is 26.2 Å². The molecule has 1 aliphatic rings. The largest absolute Gasteiger partial charge is 0.497 e. The molecule has 32 heavy (non-hydrogen) atoms. The van der Waals surface area contributed by atoms with Gasteiger partial charge in [-0.2, -0.15) is 4.31 Å². The van der Waals surface area contributed by atoms with Crippen LogP contribution in [-0.2, 0) is 26.2 Å². The Balaban J connectivity index is 1.67. The molecule has 1 heterocycles. The number of sulfonamides is 1. The molecule has 172 valence electrons. The second kappa shape index (κ2) is 9.70. The van der Waals surface area contributed by atoms with Crippen molar-refractivity contribution in [2.24, 2.45) is 5.41 Å². The van der Waals surface area contributed by atoms with Crippen molar-refractivity contribution in [3.63, 3.8) is 0 Å². The average Bonchev–Trinajstić information content (AvgIpc) is 2.77. The van der Waals surface area contributed by atoms with E-state index in [4.69, 9.17) is 4.74 Å². The Morgan fingerprint density at radius 1 is 1.09 bits per heavy atom. The number of nitrogens with zero attached hydrogens (tertiary/aromatic N) is 1. The summed E-state index contributed by atoms with van der Waals surface area (Å²) < 4.78 is 32.8. The Kier molecular flexibility index (Phi) is 7.20. The number of rotatable bonds is 7. The van der Waals surface area contributed by atoms with Crippen molar-refractivity contribution >= 4 is 27.5 Å².